The number of carbonyl (C=O) groups is 3. The normalized spacial score (nSPS) is 14.4. The standard InChI is InChI=1S/C23H19Cl2N3O6/c1-13-20(21(25)28(27-13)10-14-6-2-3-7-15(14)24)23(31)33-12-19(29)26-22(30)18-11-32-16-8-4-5-9-17(16)34-18/h2-9,18H,10-12H2,1H3,(H,26,29,30)/t18-/m0/s1. The van der Waals surface area contributed by atoms with Gasteiger partial charge in [0.25, 0.3) is 11.8 Å². The van der Waals surface area contributed by atoms with Crippen LogP contribution in [-0.2, 0) is 20.9 Å². The summed E-state index contributed by atoms with van der Waals surface area (Å²) in [6, 6.07) is 14.0. The first-order chi connectivity index (χ1) is 16.3. The van der Waals surface area contributed by atoms with Crippen LogP contribution < -0.4 is 14.8 Å². The number of hydrogen-bond acceptors (Lipinski definition) is 7. The molecule has 2 aromatic carbocycles. The highest BCUT2D eigenvalue weighted by Crippen LogP contribution is 2.31. The summed E-state index contributed by atoms with van der Waals surface area (Å²) >= 11 is 12.5. The number of halogens is 2. The molecule has 1 aliphatic heterocycles. The molecule has 0 saturated heterocycles. The molecule has 1 N–H and O–H groups in total. The number of hydrogen-bond donors (Lipinski definition) is 1. The molecule has 176 valence electrons. The Morgan fingerprint density at radius 1 is 1.12 bits per heavy atom. The zero-order chi connectivity index (χ0) is 24.2. The Labute approximate surface area is 204 Å². The van der Waals surface area contributed by atoms with Crippen molar-refractivity contribution in [3.05, 3.63) is 75.5 Å². The summed E-state index contributed by atoms with van der Waals surface area (Å²) in [5, 5.41) is 6.98. The van der Waals surface area contributed by atoms with Gasteiger partial charge in [-0.1, -0.05) is 53.5 Å². The van der Waals surface area contributed by atoms with Crippen LogP contribution in [0.15, 0.2) is 48.5 Å². The van der Waals surface area contributed by atoms with Gasteiger partial charge in [0.2, 0.25) is 6.10 Å². The maximum atomic E-state index is 12.6. The predicted octanol–water partition coefficient (Wildman–Crippen LogP) is 3.19. The molecule has 4 rings (SSSR count). The second kappa shape index (κ2) is 10.1. The van der Waals surface area contributed by atoms with Gasteiger partial charge in [-0.25, -0.2) is 9.48 Å². The van der Waals surface area contributed by atoms with Gasteiger partial charge in [-0.05, 0) is 30.7 Å². The minimum absolute atomic E-state index is 0.0217. The van der Waals surface area contributed by atoms with Gasteiger partial charge in [0, 0.05) is 5.02 Å². The van der Waals surface area contributed by atoms with Crippen LogP contribution in [0.25, 0.3) is 0 Å². The number of fused-ring (bicyclic) bond motifs is 1. The van der Waals surface area contributed by atoms with E-state index < -0.39 is 30.5 Å². The van der Waals surface area contributed by atoms with Crippen molar-refractivity contribution in [1.29, 1.82) is 0 Å². The van der Waals surface area contributed by atoms with E-state index in [2.05, 4.69) is 10.4 Å². The summed E-state index contributed by atoms with van der Waals surface area (Å²) < 4.78 is 17.5. The van der Waals surface area contributed by atoms with Gasteiger partial charge in [-0.2, -0.15) is 5.10 Å². The molecule has 0 radical (unpaired) electrons. The number of esters is 1. The van der Waals surface area contributed by atoms with Crippen LogP contribution in [0.3, 0.4) is 0 Å². The third kappa shape index (κ3) is 5.16. The first-order valence-electron chi connectivity index (χ1n) is 10.2. The lowest BCUT2D eigenvalue weighted by atomic mass is 10.2. The molecular weight excluding hydrogens is 485 g/mol. The van der Waals surface area contributed by atoms with Crippen LogP contribution in [0.2, 0.25) is 10.2 Å². The lowest BCUT2D eigenvalue weighted by Crippen LogP contribution is -2.47. The molecule has 1 atom stereocenters. The van der Waals surface area contributed by atoms with Crippen molar-refractivity contribution in [2.45, 2.75) is 19.6 Å². The van der Waals surface area contributed by atoms with Crippen molar-refractivity contribution in [2.24, 2.45) is 0 Å². The van der Waals surface area contributed by atoms with E-state index in [4.69, 9.17) is 37.4 Å². The summed E-state index contributed by atoms with van der Waals surface area (Å²) in [5.41, 5.74) is 1.11. The Kier molecular flexibility index (Phi) is 7.04. The molecule has 0 fully saturated rings. The molecule has 1 aliphatic rings. The topological polar surface area (TPSA) is 109 Å². The van der Waals surface area contributed by atoms with Gasteiger partial charge in [-0.3, -0.25) is 14.9 Å². The van der Waals surface area contributed by atoms with E-state index in [0.29, 0.717) is 22.2 Å². The first-order valence-corrected chi connectivity index (χ1v) is 10.9. The van der Waals surface area contributed by atoms with E-state index in [1.807, 2.05) is 12.1 Å². The Morgan fingerprint density at radius 2 is 1.82 bits per heavy atom. The Morgan fingerprint density at radius 3 is 2.59 bits per heavy atom. The third-order valence-corrected chi connectivity index (χ3v) is 5.70. The van der Waals surface area contributed by atoms with Gasteiger partial charge in [-0.15, -0.1) is 0 Å². The summed E-state index contributed by atoms with van der Waals surface area (Å²) in [4.78, 5) is 37.0. The van der Waals surface area contributed by atoms with Crippen molar-refractivity contribution >= 4 is 41.0 Å². The number of aromatic nitrogens is 2. The number of aryl methyl sites for hydroxylation is 1. The number of ether oxygens (including phenoxy) is 3. The minimum Gasteiger partial charge on any atom is -0.485 e. The fraction of sp³-hybridized carbons (Fsp3) is 0.217. The quantitative estimate of drug-likeness (QED) is 0.514. The predicted molar refractivity (Wildman–Crippen MR) is 122 cm³/mol. The average Bonchev–Trinajstić information content (AvgIpc) is 3.11. The molecule has 0 unspecified atom stereocenters. The Balaban J connectivity index is 1.33. The van der Waals surface area contributed by atoms with Gasteiger partial charge < -0.3 is 14.2 Å². The van der Waals surface area contributed by atoms with Crippen LogP contribution >= 0.6 is 23.2 Å². The van der Waals surface area contributed by atoms with Crippen molar-refractivity contribution < 1.29 is 28.6 Å². The smallest absolute Gasteiger partial charge is 0.343 e. The number of nitrogens with one attached hydrogen (secondary N) is 1. The highest BCUT2D eigenvalue weighted by atomic mass is 35.5. The van der Waals surface area contributed by atoms with Crippen molar-refractivity contribution in [3.8, 4) is 11.5 Å². The van der Waals surface area contributed by atoms with Crippen LogP contribution in [0.5, 0.6) is 11.5 Å². The lowest BCUT2D eigenvalue weighted by molar-refractivity contribution is -0.137. The number of amides is 2. The summed E-state index contributed by atoms with van der Waals surface area (Å²) in [7, 11) is 0. The monoisotopic (exact) mass is 503 g/mol. The molecule has 11 heteroatoms. The SMILES string of the molecule is Cc1nn(Cc2ccccc2Cl)c(Cl)c1C(=O)OCC(=O)NC(=O)[C@@H]1COc2ccccc2O1. The van der Waals surface area contributed by atoms with Crippen molar-refractivity contribution in [1.82, 2.24) is 15.1 Å². The largest absolute Gasteiger partial charge is 0.485 e. The fourth-order valence-electron chi connectivity index (χ4n) is 3.28. The van der Waals surface area contributed by atoms with Gasteiger partial charge in [0.1, 0.15) is 17.3 Å². The average molecular weight is 504 g/mol. The molecule has 0 spiro atoms. The van der Waals surface area contributed by atoms with E-state index in [0.717, 1.165) is 5.56 Å². The fourth-order valence-corrected chi connectivity index (χ4v) is 3.79. The molecule has 0 saturated carbocycles. The molecule has 1 aromatic heterocycles. The van der Waals surface area contributed by atoms with Crippen LogP contribution in [-0.4, -0.2) is 46.9 Å². The highest BCUT2D eigenvalue weighted by Gasteiger charge is 2.29. The number of carbonyl (C=O) groups excluding carboxylic acids is 3. The second-order valence-electron chi connectivity index (χ2n) is 7.35. The molecule has 2 heterocycles. The minimum atomic E-state index is -1.02. The number of nitrogens with zero attached hydrogens (tertiary/aromatic N) is 2. The van der Waals surface area contributed by atoms with Gasteiger partial charge >= 0.3 is 5.97 Å². The van der Waals surface area contributed by atoms with E-state index in [1.165, 1.54) is 4.68 Å². The van der Waals surface area contributed by atoms with Crippen molar-refractivity contribution in [2.75, 3.05) is 13.2 Å². The molecule has 0 bridgehead atoms. The highest BCUT2D eigenvalue weighted by molar-refractivity contribution is 6.33. The maximum Gasteiger partial charge on any atom is 0.343 e. The molecule has 0 aliphatic carbocycles. The molecule has 34 heavy (non-hydrogen) atoms. The number of rotatable bonds is 6. The number of imide groups is 1. The zero-order valence-corrected chi connectivity index (χ0v) is 19.4. The van der Waals surface area contributed by atoms with E-state index in [1.54, 1.807) is 43.3 Å². The van der Waals surface area contributed by atoms with Gasteiger partial charge in [0.15, 0.2) is 18.1 Å². The number of para-hydroxylation sites is 2. The summed E-state index contributed by atoms with van der Waals surface area (Å²) in [6.45, 7) is 1.08. The zero-order valence-electron chi connectivity index (χ0n) is 17.9. The molecule has 2 amide bonds. The van der Waals surface area contributed by atoms with Crippen molar-refractivity contribution in [3.63, 3.8) is 0 Å². The van der Waals surface area contributed by atoms with E-state index in [9.17, 15) is 14.4 Å². The first kappa shape index (κ1) is 23.6. The van der Waals surface area contributed by atoms with E-state index in [-0.39, 0.29) is 23.9 Å². The Hall–Kier alpha value is -3.56. The Bertz CT molecular complexity index is 1260. The van der Waals surface area contributed by atoms with Crippen LogP contribution in [0, 0.1) is 6.92 Å². The van der Waals surface area contributed by atoms with Crippen LogP contribution in [0.4, 0.5) is 0 Å². The van der Waals surface area contributed by atoms with E-state index >= 15 is 0 Å². The molecule has 3 aromatic rings. The number of benzene rings is 2. The summed E-state index contributed by atoms with van der Waals surface area (Å²) in [5.74, 6) is -1.47. The van der Waals surface area contributed by atoms with Crippen LogP contribution in [0.1, 0.15) is 21.6 Å². The molecular formula is C23H19Cl2N3O6. The summed E-state index contributed by atoms with van der Waals surface area (Å²) in [6.07, 6.45) is -1.02. The maximum absolute atomic E-state index is 12.6. The second-order valence-corrected chi connectivity index (χ2v) is 8.12. The third-order valence-electron chi connectivity index (χ3n) is 4.95. The lowest BCUT2D eigenvalue weighted by Gasteiger charge is -2.25. The van der Waals surface area contributed by atoms with Gasteiger partial charge in [0.05, 0.1) is 12.2 Å². The molecule has 9 nitrogen and oxygen atoms in total.